The van der Waals surface area contributed by atoms with Crippen LogP contribution in [0.5, 0.6) is 0 Å². The smallest absolute Gasteiger partial charge is 0.207 e. The fourth-order valence-corrected chi connectivity index (χ4v) is 3.18. The van der Waals surface area contributed by atoms with E-state index in [-0.39, 0.29) is 18.8 Å². The molecule has 0 radical (unpaired) electrons. The van der Waals surface area contributed by atoms with Gasteiger partial charge in [-0.1, -0.05) is 26.0 Å². The first kappa shape index (κ1) is 18.6. The fourth-order valence-electron chi connectivity index (χ4n) is 1.88. The monoisotopic (exact) mass is 327 g/mol. The first-order chi connectivity index (χ1) is 10.1. The maximum absolute atomic E-state index is 13.3. The van der Waals surface area contributed by atoms with Crippen LogP contribution in [0.3, 0.4) is 0 Å². The van der Waals surface area contributed by atoms with Crippen molar-refractivity contribution in [3.63, 3.8) is 0 Å². The van der Waals surface area contributed by atoms with Crippen molar-refractivity contribution in [2.24, 2.45) is 0 Å². The number of rotatable bonds is 7. The Morgan fingerprint density at radius 1 is 1.45 bits per heavy atom. The van der Waals surface area contributed by atoms with E-state index in [4.69, 9.17) is 5.26 Å². The van der Waals surface area contributed by atoms with E-state index < -0.39 is 21.7 Å². The number of benzene rings is 1. The molecule has 1 aromatic carbocycles. The van der Waals surface area contributed by atoms with E-state index in [1.807, 2.05) is 19.9 Å². The van der Waals surface area contributed by atoms with Crippen molar-refractivity contribution in [1.82, 2.24) is 9.03 Å². The van der Waals surface area contributed by atoms with Crippen molar-refractivity contribution in [2.75, 3.05) is 13.6 Å². The highest BCUT2D eigenvalue weighted by atomic mass is 32.2. The minimum Gasteiger partial charge on any atom is -0.207 e. The van der Waals surface area contributed by atoms with E-state index >= 15 is 0 Å². The van der Waals surface area contributed by atoms with Gasteiger partial charge in [0.25, 0.3) is 10.2 Å². The Kier molecular flexibility index (Phi) is 6.06. The van der Waals surface area contributed by atoms with E-state index in [9.17, 15) is 12.8 Å². The second kappa shape index (κ2) is 7.18. The van der Waals surface area contributed by atoms with Crippen LogP contribution < -0.4 is 4.72 Å². The summed E-state index contributed by atoms with van der Waals surface area (Å²) in [6.45, 7) is 5.47. The van der Waals surface area contributed by atoms with Crippen LogP contribution in [0.15, 0.2) is 24.3 Å². The number of hydrogen-bond acceptors (Lipinski definition) is 3. The van der Waals surface area contributed by atoms with Crippen LogP contribution in [0.1, 0.15) is 32.8 Å². The first-order valence-corrected chi connectivity index (χ1v) is 8.40. The number of nitrogens with one attached hydrogen (secondary N) is 1. The molecule has 1 atom stereocenters. The van der Waals surface area contributed by atoms with Gasteiger partial charge in [0.05, 0.1) is 12.5 Å². The summed E-state index contributed by atoms with van der Waals surface area (Å²) in [6.07, 6.45) is 0.116. The molecule has 122 valence electrons. The van der Waals surface area contributed by atoms with Crippen LogP contribution in [0, 0.1) is 17.1 Å². The molecule has 0 amide bonds. The van der Waals surface area contributed by atoms with E-state index in [0.717, 1.165) is 4.31 Å². The highest BCUT2D eigenvalue weighted by Crippen LogP contribution is 2.23. The van der Waals surface area contributed by atoms with Gasteiger partial charge in [-0.2, -0.15) is 18.0 Å². The van der Waals surface area contributed by atoms with Gasteiger partial charge in [0.15, 0.2) is 0 Å². The molecule has 0 aromatic heterocycles. The van der Waals surface area contributed by atoms with Crippen LogP contribution in [0.2, 0.25) is 0 Å². The van der Waals surface area contributed by atoms with Crippen LogP contribution in [-0.4, -0.2) is 32.4 Å². The zero-order valence-corrected chi connectivity index (χ0v) is 14.1. The normalized spacial score (nSPS) is 13.9. The molecule has 0 saturated heterocycles. The van der Waals surface area contributed by atoms with Gasteiger partial charge < -0.3 is 0 Å². The largest absolute Gasteiger partial charge is 0.279 e. The third-order valence-electron chi connectivity index (χ3n) is 3.69. The highest BCUT2D eigenvalue weighted by Gasteiger charge is 2.27. The van der Waals surface area contributed by atoms with Gasteiger partial charge >= 0.3 is 0 Å². The lowest BCUT2D eigenvalue weighted by atomic mass is 9.85. The molecule has 22 heavy (non-hydrogen) atoms. The maximum atomic E-state index is 13.3. The summed E-state index contributed by atoms with van der Waals surface area (Å²) in [5, 5.41) is 8.66. The lowest BCUT2D eigenvalue weighted by Crippen LogP contribution is -2.46. The van der Waals surface area contributed by atoms with Gasteiger partial charge in [-0.25, -0.2) is 9.11 Å². The molecule has 1 N–H and O–H groups in total. The van der Waals surface area contributed by atoms with Gasteiger partial charge in [0.1, 0.15) is 5.82 Å². The molecule has 0 fully saturated rings. The minimum atomic E-state index is -3.69. The summed E-state index contributed by atoms with van der Waals surface area (Å²) < 4.78 is 41.4. The molecule has 0 unspecified atom stereocenters. The quantitative estimate of drug-likeness (QED) is 0.834. The van der Waals surface area contributed by atoms with Crippen molar-refractivity contribution in [2.45, 2.75) is 38.6 Å². The second-order valence-corrected chi connectivity index (χ2v) is 7.76. The molecule has 0 aliphatic rings. The van der Waals surface area contributed by atoms with Crippen molar-refractivity contribution < 1.29 is 12.8 Å². The molecule has 0 saturated carbocycles. The molecule has 0 heterocycles. The molecular weight excluding hydrogens is 305 g/mol. The number of nitriles is 1. The maximum Gasteiger partial charge on any atom is 0.279 e. The molecule has 7 heteroatoms. The molecular formula is C15H22FN3O2S. The average molecular weight is 327 g/mol. The van der Waals surface area contributed by atoms with Crippen molar-refractivity contribution in [3.8, 4) is 6.07 Å². The summed E-state index contributed by atoms with van der Waals surface area (Å²) in [5.74, 6) is -0.354. The summed E-state index contributed by atoms with van der Waals surface area (Å²) in [7, 11) is -2.26. The van der Waals surface area contributed by atoms with Gasteiger partial charge in [0.2, 0.25) is 0 Å². The molecule has 1 rings (SSSR count). The SMILES string of the molecule is C[C@H](CC#N)N(C)S(=O)(=O)NCC(C)(C)c1cccc(F)c1. The molecule has 0 bridgehead atoms. The first-order valence-electron chi connectivity index (χ1n) is 6.96. The lowest BCUT2D eigenvalue weighted by Gasteiger charge is -2.28. The van der Waals surface area contributed by atoms with E-state index in [1.54, 1.807) is 19.1 Å². The van der Waals surface area contributed by atoms with Crippen LogP contribution in [-0.2, 0) is 15.6 Å². The van der Waals surface area contributed by atoms with E-state index in [1.165, 1.54) is 19.2 Å². The third-order valence-corrected chi connectivity index (χ3v) is 5.32. The Morgan fingerprint density at radius 3 is 2.64 bits per heavy atom. The van der Waals surface area contributed by atoms with E-state index in [2.05, 4.69) is 4.72 Å². The van der Waals surface area contributed by atoms with Crippen LogP contribution in [0.4, 0.5) is 4.39 Å². The molecule has 0 spiro atoms. The molecule has 0 aliphatic carbocycles. The van der Waals surface area contributed by atoms with Gasteiger partial charge in [0, 0.05) is 25.0 Å². The lowest BCUT2D eigenvalue weighted by molar-refractivity contribution is 0.380. The standard InChI is InChI=1S/C15H22FN3O2S/c1-12(8-9-17)19(4)22(20,21)18-11-15(2,3)13-6-5-7-14(16)10-13/h5-7,10,12,18H,8,11H2,1-4H3/t12-/m1/s1. The summed E-state index contributed by atoms with van der Waals surface area (Å²) >= 11 is 0. The molecule has 0 aliphatic heterocycles. The van der Waals surface area contributed by atoms with Gasteiger partial charge in [-0.3, -0.25) is 0 Å². The zero-order valence-electron chi connectivity index (χ0n) is 13.3. The Balaban J connectivity index is 2.81. The summed E-state index contributed by atoms with van der Waals surface area (Å²) in [4.78, 5) is 0. The second-order valence-electron chi connectivity index (χ2n) is 5.95. The highest BCUT2D eigenvalue weighted by molar-refractivity contribution is 7.87. The summed E-state index contributed by atoms with van der Waals surface area (Å²) in [5.41, 5.74) is 0.150. The average Bonchev–Trinajstić information content (AvgIpc) is 2.45. The Morgan fingerprint density at radius 2 is 2.09 bits per heavy atom. The van der Waals surface area contributed by atoms with Crippen LogP contribution in [0.25, 0.3) is 0 Å². The zero-order chi connectivity index (χ0) is 17.0. The predicted molar refractivity (Wildman–Crippen MR) is 83.8 cm³/mol. The fraction of sp³-hybridized carbons (Fsp3) is 0.533. The Bertz CT molecular complexity index is 653. The predicted octanol–water partition coefficient (Wildman–Crippen LogP) is 2.17. The van der Waals surface area contributed by atoms with Gasteiger partial charge in [-0.05, 0) is 24.6 Å². The third kappa shape index (κ3) is 4.77. The Labute approximate surface area is 131 Å². The molecule has 1 aromatic rings. The van der Waals surface area contributed by atoms with E-state index in [0.29, 0.717) is 5.56 Å². The van der Waals surface area contributed by atoms with Gasteiger partial charge in [-0.15, -0.1) is 0 Å². The van der Waals surface area contributed by atoms with Crippen molar-refractivity contribution >= 4 is 10.2 Å². The minimum absolute atomic E-state index is 0.116. The van der Waals surface area contributed by atoms with Crippen molar-refractivity contribution in [3.05, 3.63) is 35.6 Å². The van der Waals surface area contributed by atoms with Crippen molar-refractivity contribution in [1.29, 1.82) is 5.26 Å². The molecule has 5 nitrogen and oxygen atoms in total. The topological polar surface area (TPSA) is 73.2 Å². The Hall–Kier alpha value is -1.49. The number of halogens is 1. The number of nitrogens with zero attached hydrogens (tertiary/aromatic N) is 2. The van der Waals surface area contributed by atoms with Crippen LogP contribution >= 0.6 is 0 Å². The summed E-state index contributed by atoms with van der Waals surface area (Å²) in [6, 6.07) is 7.64. The number of hydrogen-bond donors (Lipinski definition) is 1.